The molecule has 0 amide bonds. The predicted molar refractivity (Wildman–Crippen MR) is 35.9 cm³/mol. The van der Waals surface area contributed by atoms with Crippen LogP contribution < -0.4 is 11.5 Å². The van der Waals surface area contributed by atoms with E-state index in [4.69, 9.17) is 11.5 Å². The molecule has 0 heterocycles. The van der Waals surface area contributed by atoms with Gasteiger partial charge in [-0.2, -0.15) is 13.2 Å². The fourth-order valence-electron chi connectivity index (χ4n) is 0.446. The summed E-state index contributed by atoms with van der Waals surface area (Å²) in [7, 11) is 1.16. The summed E-state index contributed by atoms with van der Waals surface area (Å²) in [6.45, 7) is 0. The molecule has 0 aromatic heterocycles. The number of aliphatic imine (C=N–C) groups is 1. The van der Waals surface area contributed by atoms with Crippen LogP contribution in [0.1, 0.15) is 0 Å². The number of halogens is 3. The van der Waals surface area contributed by atoms with Crippen LogP contribution in [0.15, 0.2) is 16.8 Å². The first kappa shape index (κ1) is 9.80. The molecule has 0 atom stereocenters. The third-order valence-electron chi connectivity index (χ3n) is 0.989. The van der Waals surface area contributed by atoms with E-state index in [2.05, 4.69) is 4.99 Å². The predicted octanol–water partition coefficient (Wildman–Crippen LogP) is 0.378. The summed E-state index contributed by atoms with van der Waals surface area (Å²) >= 11 is 0. The molecule has 6 heteroatoms. The monoisotopic (exact) mass is 167 g/mol. The Balaban J connectivity index is 4.73. The highest BCUT2D eigenvalue weighted by atomic mass is 19.4. The molecule has 0 saturated carbocycles. The van der Waals surface area contributed by atoms with Crippen molar-refractivity contribution in [3.63, 3.8) is 0 Å². The highest BCUT2D eigenvalue weighted by Crippen LogP contribution is 2.24. The van der Waals surface area contributed by atoms with Crippen LogP contribution in [0.5, 0.6) is 0 Å². The average Bonchev–Trinajstić information content (AvgIpc) is 1.86. The minimum absolute atomic E-state index is 0.391. The van der Waals surface area contributed by atoms with Crippen LogP contribution in [0.2, 0.25) is 0 Å². The van der Waals surface area contributed by atoms with Crippen LogP contribution in [-0.2, 0) is 0 Å². The number of rotatable bonds is 1. The molecule has 0 radical (unpaired) electrons. The summed E-state index contributed by atoms with van der Waals surface area (Å²) in [5.41, 5.74) is 8.48. The van der Waals surface area contributed by atoms with Gasteiger partial charge < -0.3 is 11.5 Å². The maximum atomic E-state index is 11.8. The average molecular weight is 167 g/mol. The highest BCUT2D eigenvalue weighted by Gasteiger charge is 2.35. The molecule has 4 N–H and O–H groups in total. The van der Waals surface area contributed by atoms with Crippen molar-refractivity contribution in [3.8, 4) is 0 Å². The second kappa shape index (κ2) is 3.27. The molecule has 0 rings (SSSR count). The maximum Gasteiger partial charge on any atom is 0.421 e. The van der Waals surface area contributed by atoms with Crippen LogP contribution in [0.4, 0.5) is 13.2 Å². The van der Waals surface area contributed by atoms with Crippen molar-refractivity contribution in [3.05, 3.63) is 11.8 Å². The molecule has 0 aliphatic rings. The molecule has 0 saturated heterocycles. The fraction of sp³-hybridized carbons (Fsp3) is 0.400. The number of hydrogen-bond donors (Lipinski definition) is 2. The Labute approximate surface area is 61.6 Å². The van der Waals surface area contributed by atoms with Gasteiger partial charge in [-0.1, -0.05) is 0 Å². The summed E-state index contributed by atoms with van der Waals surface area (Å²) in [6, 6.07) is 0. The normalized spacial score (nSPS) is 15.3. The molecule has 0 aromatic rings. The molecule has 0 fully saturated rings. The molecule has 11 heavy (non-hydrogen) atoms. The molecule has 64 valence electrons. The Kier molecular flexibility index (Phi) is 2.91. The van der Waals surface area contributed by atoms with E-state index in [0.29, 0.717) is 6.20 Å². The van der Waals surface area contributed by atoms with Crippen LogP contribution in [0.25, 0.3) is 0 Å². The Morgan fingerprint density at radius 3 is 2.00 bits per heavy atom. The van der Waals surface area contributed by atoms with Gasteiger partial charge in [0.15, 0.2) is 0 Å². The van der Waals surface area contributed by atoms with Crippen LogP contribution in [0, 0.1) is 0 Å². The van der Waals surface area contributed by atoms with E-state index in [9.17, 15) is 13.2 Å². The molecule has 0 bridgehead atoms. The second-order valence-corrected chi connectivity index (χ2v) is 1.69. The van der Waals surface area contributed by atoms with E-state index >= 15 is 0 Å². The smallest absolute Gasteiger partial charge is 0.404 e. The van der Waals surface area contributed by atoms with Crippen molar-refractivity contribution in [1.82, 2.24) is 0 Å². The number of alkyl halides is 3. The van der Waals surface area contributed by atoms with Crippen LogP contribution in [-0.4, -0.2) is 19.1 Å². The van der Waals surface area contributed by atoms with E-state index in [1.165, 1.54) is 0 Å². The zero-order chi connectivity index (χ0) is 9.07. The van der Waals surface area contributed by atoms with Crippen molar-refractivity contribution in [1.29, 1.82) is 0 Å². The zero-order valence-corrected chi connectivity index (χ0v) is 5.81. The lowest BCUT2D eigenvalue weighted by Gasteiger charge is -2.08. The quantitative estimate of drug-likeness (QED) is 0.438. The van der Waals surface area contributed by atoms with Gasteiger partial charge >= 0.3 is 6.18 Å². The van der Waals surface area contributed by atoms with Gasteiger partial charge in [0.25, 0.3) is 0 Å². The summed E-state index contributed by atoms with van der Waals surface area (Å²) in [4.78, 5) is 3.15. The van der Waals surface area contributed by atoms with Gasteiger partial charge in [0.1, 0.15) is 11.4 Å². The van der Waals surface area contributed by atoms with Gasteiger partial charge in [0.2, 0.25) is 0 Å². The van der Waals surface area contributed by atoms with Crippen molar-refractivity contribution in [2.75, 3.05) is 7.05 Å². The van der Waals surface area contributed by atoms with Gasteiger partial charge in [0, 0.05) is 13.2 Å². The number of nitrogens with zero attached hydrogens (tertiary/aromatic N) is 1. The Hall–Kier alpha value is -1.20. The van der Waals surface area contributed by atoms with Gasteiger partial charge in [-0.05, 0) is 0 Å². The van der Waals surface area contributed by atoms with E-state index in [0.717, 1.165) is 7.05 Å². The SMILES string of the molecule is CN=C(N)/C(=C\N)C(F)(F)F. The van der Waals surface area contributed by atoms with Crippen molar-refractivity contribution in [2.45, 2.75) is 6.18 Å². The molecule has 0 unspecified atom stereocenters. The minimum atomic E-state index is -4.53. The van der Waals surface area contributed by atoms with Crippen molar-refractivity contribution < 1.29 is 13.2 Å². The summed E-state index contributed by atoms with van der Waals surface area (Å²) in [6.07, 6.45) is -4.14. The topological polar surface area (TPSA) is 64.4 Å². The van der Waals surface area contributed by atoms with E-state index in [-0.39, 0.29) is 0 Å². The maximum absolute atomic E-state index is 11.8. The largest absolute Gasteiger partial charge is 0.421 e. The summed E-state index contributed by atoms with van der Waals surface area (Å²) < 4.78 is 35.5. The van der Waals surface area contributed by atoms with Gasteiger partial charge in [-0.3, -0.25) is 4.99 Å². The standard InChI is InChI=1S/C5H8F3N3/c1-11-4(10)3(2-9)5(6,7)8/h2H,9H2,1H3,(H2,10,11)/b3-2+. The van der Waals surface area contributed by atoms with Crippen LogP contribution >= 0.6 is 0 Å². The Bertz CT molecular complexity index is 192. The van der Waals surface area contributed by atoms with Crippen LogP contribution in [0.3, 0.4) is 0 Å². The summed E-state index contributed by atoms with van der Waals surface area (Å²) in [5.74, 6) is -0.611. The lowest BCUT2D eigenvalue weighted by atomic mass is 10.2. The second-order valence-electron chi connectivity index (χ2n) is 1.69. The minimum Gasteiger partial charge on any atom is -0.404 e. The molecule has 0 aromatic carbocycles. The third kappa shape index (κ3) is 2.48. The Morgan fingerprint density at radius 2 is 1.91 bits per heavy atom. The molecular weight excluding hydrogens is 159 g/mol. The van der Waals surface area contributed by atoms with Gasteiger partial charge in [-0.15, -0.1) is 0 Å². The zero-order valence-electron chi connectivity index (χ0n) is 5.81. The lowest BCUT2D eigenvalue weighted by Crippen LogP contribution is -2.27. The molecule has 3 nitrogen and oxygen atoms in total. The molecule has 0 spiro atoms. The Morgan fingerprint density at radius 1 is 1.45 bits per heavy atom. The van der Waals surface area contributed by atoms with Crippen molar-refractivity contribution in [2.24, 2.45) is 16.5 Å². The molecule has 0 aliphatic carbocycles. The summed E-state index contributed by atoms with van der Waals surface area (Å²) in [5, 5.41) is 0. The number of amidine groups is 1. The number of nitrogens with two attached hydrogens (primary N) is 2. The van der Waals surface area contributed by atoms with E-state index in [1.807, 2.05) is 0 Å². The molecular formula is C5H8F3N3. The highest BCUT2D eigenvalue weighted by molar-refractivity contribution is 5.97. The third-order valence-corrected chi connectivity index (χ3v) is 0.989. The van der Waals surface area contributed by atoms with Gasteiger partial charge in [0.05, 0.1) is 0 Å². The fourth-order valence-corrected chi connectivity index (χ4v) is 0.446. The van der Waals surface area contributed by atoms with E-state index in [1.54, 1.807) is 0 Å². The molecule has 0 aliphatic heterocycles. The van der Waals surface area contributed by atoms with E-state index < -0.39 is 17.6 Å². The van der Waals surface area contributed by atoms with Gasteiger partial charge in [-0.25, -0.2) is 0 Å². The lowest BCUT2D eigenvalue weighted by molar-refractivity contribution is -0.0863. The first-order valence-corrected chi connectivity index (χ1v) is 2.65. The first-order chi connectivity index (χ1) is 4.93. The van der Waals surface area contributed by atoms with Crippen molar-refractivity contribution >= 4 is 5.84 Å². The first-order valence-electron chi connectivity index (χ1n) is 2.65. The number of hydrogen-bond acceptors (Lipinski definition) is 2.